The van der Waals surface area contributed by atoms with Crippen molar-refractivity contribution < 1.29 is 18.7 Å². The summed E-state index contributed by atoms with van der Waals surface area (Å²) in [5, 5.41) is 24.9. The zero-order valence-electron chi connectivity index (χ0n) is 27.4. The highest BCUT2D eigenvalue weighted by Gasteiger charge is 2.50. The van der Waals surface area contributed by atoms with Crippen LogP contribution in [0.5, 0.6) is 0 Å². The standard InChI is InChI=1S/C37H44FN5O3Si/c1-26-34(20-16-27-14-17-30(18-15-27)43-36(45)21-19-32(40-43)29-12-8-5-9-13-29)46-35(37(26)47(2,3)38)22-23-42-24-33(39-41-42)31(25-44)28-10-6-4-7-11-28/h4-15,17-18,24,26,31,34-35,37,44H,16,19-23,25H2,1-3H3/t26-,31?,34+,35-,37+/m1/s1. The average molecular weight is 654 g/mol. The van der Waals surface area contributed by atoms with E-state index in [4.69, 9.17) is 4.74 Å². The van der Waals surface area contributed by atoms with Gasteiger partial charge in [-0.3, -0.25) is 9.48 Å². The molecule has 0 saturated carbocycles. The molecule has 8 nitrogen and oxygen atoms in total. The summed E-state index contributed by atoms with van der Waals surface area (Å²) in [6.45, 7) is 6.23. The molecule has 1 amide bonds. The predicted molar refractivity (Wildman–Crippen MR) is 185 cm³/mol. The van der Waals surface area contributed by atoms with Gasteiger partial charge in [-0.1, -0.05) is 84.9 Å². The smallest absolute Gasteiger partial charge is 0.247 e. The van der Waals surface area contributed by atoms with Crippen LogP contribution in [0.1, 0.15) is 60.9 Å². The number of hydrogen-bond donors (Lipinski definition) is 1. The van der Waals surface area contributed by atoms with Crippen molar-refractivity contribution in [3.63, 3.8) is 0 Å². The Labute approximate surface area is 277 Å². The summed E-state index contributed by atoms with van der Waals surface area (Å²) in [5.74, 6) is -0.144. The molecule has 1 fully saturated rings. The van der Waals surface area contributed by atoms with E-state index >= 15 is 4.11 Å². The Bertz CT molecular complexity index is 1660. The number of hydrogen-bond acceptors (Lipinski definition) is 6. The van der Waals surface area contributed by atoms with Crippen LogP contribution in [0.15, 0.2) is 96.2 Å². The van der Waals surface area contributed by atoms with Gasteiger partial charge in [-0.05, 0) is 67.1 Å². The van der Waals surface area contributed by atoms with Crippen LogP contribution in [-0.2, 0) is 22.5 Å². The van der Waals surface area contributed by atoms with Crippen molar-refractivity contribution in [2.45, 2.75) is 82.3 Å². The summed E-state index contributed by atoms with van der Waals surface area (Å²) < 4.78 is 24.1. The number of carbonyl (C=O) groups is 1. The van der Waals surface area contributed by atoms with Crippen molar-refractivity contribution in [1.29, 1.82) is 0 Å². The minimum Gasteiger partial charge on any atom is -0.395 e. The lowest BCUT2D eigenvalue weighted by Crippen LogP contribution is -2.36. The Kier molecular flexibility index (Phi) is 10.1. The SMILES string of the molecule is C[C@H]1[C@H]([Si](C)(C)F)[C@@H](CCn2cc(C(CO)c3ccccc3)nn2)O[C@H]1CCc1ccc(N2N=C(c3ccccc3)CCC2=O)cc1. The maximum atomic E-state index is 15.7. The van der Waals surface area contributed by atoms with E-state index in [0.717, 1.165) is 40.9 Å². The van der Waals surface area contributed by atoms with Crippen molar-refractivity contribution in [1.82, 2.24) is 15.0 Å². The predicted octanol–water partition coefficient (Wildman–Crippen LogP) is 6.90. The molecule has 47 heavy (non-hydrogen) atoms. The lowest BCUT2D eigenvalue weighted by Gasteiger charge is -2.28. The molecular weight excluding hydrogens is 610 g/mol. The maximum absolute atomic E-state index is 15.7. The molecule has 1 aromatic heterocycles. The highest BCUT2D eigenvalue weighted by Crippen LogP contribution is 2.47. The Morgan fingerprint density at radius 1 is 0.957 bits per heavy atom. The minimum atomic E-state index is -3.02. The van der Waals surface area contributed by atoms with E-state index in [1.54, 1.807) is 17.8 Å². The summed E-state index contributed by atoms with van der Waals surface area (Å²) >= 11 is 0. The highest BCUT2D eigenvalue weighted by atomic mass is 28.4. The molecule has 3 heterocycles. The quantitative estimate of drug-likeness (QED) is 0.133. The van der Waals surface area contributed by atoms with Gasteiger partial charge in [-0.15, -0.1) is 5.10 Å². The van der Waals surface area contributed by atoms with Gasteiger partial charge in [-0.2, -0.15) is 5.10 Å². The van der Waals surface area contributed by atoms with Crippen LogP contribution in [0.2, 0.25) is 18.6 Å². The number of rotatable bonds is 12. The van der Waals surface area contributed by atoms with Gasteiger partial charge in [-0.25, -0.2) is 5.01 Å². The minimum absolute atomic E-state index is 0.00720. The number of amides is 1. The molecule has 4 aromatic rings. The van der Waals surface area contributed by atoms with Crippen molar-refractivity contribution in [2.75, 3.05) is 11.6 Å². The van der Waals surface area contributed by atoms with Gasteiger partial charge >= 0.3 is 0 Å². The van der Waals surface area contributed by atoms with Crippen LogP contribution < -0.4 is 5.01 Å². The Morgan fingerprint density at radius 3 is 2.34 bits per heavy atom. The molecule has 0 radical (unpaired) electrons. The van der Waals surface area contributed by atoms with Gasteiger partial charge in [0, 0.05) is 31.1 Å². The van der Waals surface area contributed by atoms with Crippen LogP contribution in [-0.4, -0.2) is 58.9 Å². The van der Waals surface area contributed by atoms with E-state index in [0.29, 0.717) is 31.5 Å². The molecule has 246 valence electrons. The molecule has 6 rings (SSSR count). The third kappa shape index (κ3) is 7.61. The number of aryl methyl sites for hydroxylation is 2. The van der Waals surface area contributed by atoms with Crippen molar-refractivity contribution in [3.05, 3.63) is 114 Å². The number of aliphatic hydroxyl groups excluding tert-OH is 1. The number of carbonyl (C=O) groups excluding carboxylic acids is 1. The van der Waals surface area contributed by atoms with Gasteiger partial charge in [0.1, 0.15) is 0 Å². The van der Waals surface area contributed by atoms with Crippen molar-refractivity contribution in [3.8, 4) is 0 Å². The second-order valence-corrected chi connectivity index (χ2v) is 17.1. The lowest BCUT2D eigenvalue weighted by atomic mass is 9.95. The second-order valence-electron chi connectivity index (χ2n) is 13.3. The third-order valence-electron chi connectivity index (χ3n) is 9.67. The summed E-state index contributed by atoms with van der Waals surface area (Å²) in [7, 11) is -3.02. The van der Waals surface area contributed by atoms with Gasteiger partial charge in [0.25, 0.3) is 0 Å². The molecule has 3 aromatic carbocycles. The van der Waals surface area contributed by atoms with E-state index in [-0.39, 0.29) is 42.1 Å². The van der Waals surface area contributed by atoms with Crippen LogP contribution in [0.4, 0.5) is 9.80 Å². The number of anilines is 1. The molecule has 1 saturated heterocycles. The monoisotopic (exact) mass is 653 g/mol. The van der Waals surface area contributed by atoms with E-state index < -0.39 is 8.41 Å². The van der Waals surface area contributed by atoms with Crippen LogP contribution in [0.3, 0.4) is 0 Å². The molecule has 0 aliphatic carbocycles. The maximum Gasteiger partial charge on any atom is 0.247 e. The van der Waals surface area contributed by atoms with Crippen LogP contribution in [0.25, 0.3) is 0 Å². The molecule has 2 aliphatic rings. The Morgan fingerprint density at radius 2 is 1.66 bits per heavy atom. The number of hydrazone groups is 1. The molecular formula is C37H44FN5O3Si. The largest absolute Gasteiger partial charge is 0.395 e. The molecule has 2 aliphatic heterocycles. The van der Waals surface area contributed by atoms with Crippen molar-refractivity contribution in [2.24, 2.45) is 11.0 Å². The summed E-state index contributed by atoms with van der Waals surface area (Å²) in [4.78, 5) is 12.7. The molecule has 1 unspecified atom stereocenters. The zero-order chi connectivity index (χ0) is 33.0. The zero-order valence-corrected chi connectivity index (χ0v) is 28.4. The van der Waals surface area contributed by atoms with E-state index in [1.165, 1.54) is 5.01 Å². The first-order valence-electron chi connectivity index (χ1n) is 16.7. The first-order chi connectivity index (χ1) is 22.7. The van der Waals surface area contributed by atoms with Gasteiger partial charge < -0.3 is 14.0 Å². The summed E-state index contributed by atoms with van der Waals surface area (Å²) in [6, 6.07) is 27.8. The highest BCUT2D eigenvalue weighted by molar-refractivity contribution is 6.72. The third-order valence-corrected chi connectivity index (χ3v) is 12.2. The fourth-order valence-electron chi connectivity index (χ4n) is 7.25. The molecule has 0 bridgehead atoms. The first kappa shape index (κ1) is 32.9. The Hall–Kier alpha value is -3.99. The molecule has 10 heteroatoms. The molecule has 0 spiro atoms. The van der Waals surface area contributed by atoms with Crippen LogP contribution >= 0.6 is 0 Å². The second kappa shape index (κ2) is 14.4. The van der Waals surface area contributed by atoms with Crippen LogP contribution in [0, 0.1) is 5.92 Å². The number of ether oxygens (including phenoxy) is 1. The number of aromatic nitrogens is 3. The first-order valence-corrected chi connectivity index (χ1v) is 19.6. The topological polar surface area (TPSA) is 92.8 Å². The van der Waals surface area contributed by atoms with Crippen molar-refractivity contribution >= 4 is 25.7 Å². The molecule has 5 atom stereocenters. The fourth-order valence-corrected chi connectivity index (χ4v) is 9.84. The Balaban J connectivity index is 1.08. The average Bonchev–Trinajstić information content (AvgIpc) is 3.68. The van der Waals surface area contributed by atoms with E-state index in [2.05, 4.69) is 34.5 Å². The van der Waals surface area contributed by atoms with E-state index in [1.807, 2.05) is 79.0 Å². The van der Waals surface area contributed by atoms with Gasteiger partial charge in [0.15, 0.2) is 0 Å². The summed E-state index contributed by atoms with van der Waals surface area (Å²) in [5.41, 5.74) is 5.44. The molecule has 1 N–H and O–H groups in total. The number of halogens is 1. The van der Waals surface area contributed by atoms with Gasteiger partial charge in [0.05, 0.1) is 41.8 Å². The number of aliphatic hydroxyl groups is 1. The number of nitrogens with zero attached hydrogens (tertiary/aromatic N) is 5. The van der Waals surface area contributed by atoms with Gasteiger partial charge in [0.2, 0.25) is 14.3 Å². The normalized spacial score (nSPS) is 22.4. The lowest BCUT2D eigenvalue weighted by molar-refractivity contribution is -0.118. The van der Waals surface area contributed by atoms with E-state index in [9.17, 15) is 9.90 Å². The summed E-state index contributed by atoms with van der Waals surface area (Å²) in [6.07, 6.45) is 4.94. The number of benzene rings is 3. The fraction of sp³-hybridized carbons (Fsp3) is 0.405.